The normalized spacial score (nSPS) is 11.1. The standard InChI is InChI=1S/C12H9F4N3O2/c1-17-11-18-6-7(13)10(19-11)20-8-4-2-3-5-9(8)21-12(14,15)16/h2-6H,1H3,(H,17,18,19). The number of benzene rings is 1. The van der Waals surface area contributed by atoms with Crippen molar-refractivity contribution in [3.05, 3.63) is 36.3 Å². The number of anilines is 1. The second-order valence-corrected chi connectivity index (χ2v) is 3.69. The Bertz CT molecular complexity index is 634. The zero-order chi connectivity index (χ0) is 15.5. The second kappa shape index (κ2) is 5.81. The molecule has 2 rings (SSSR count). The summed E-state index contributed by atoms with van der Waals surface area (Å²) in [5, 5.41) is 2.55. The summed E-state index contributed by atoms with van der Waals surface area (Å²) in [5.41, 5.74) is 0. The molecule has 1 aromatic heterocycles. The molecule has 2 aromatic rings. The Morgan fingerprint density at radius 3 is 2.43 bits per heavy atom. The van der Waals surface area contributed by atoms with E-state index in [0.29, 0.717) is 0 Å². The van der Waals surface area contributed by atoms with E-state index in [2.05, 4.69) is 20.0 Å². The van der Waals surface area contributed by atoms with Gasteiger partial charge < -0.3 is 14.8 Å². The van der Waals surface area contributed by atoms with E-state index < -0.39 is 23.8 Å². The van der Waals surface area contributed by atoms with E-state index in [1.54, 1.807) is 0 Å². The van der Waals surface area contributed by atoms with Crippen LogP contribution in [0.4, 0.5) is 23.5 Å². The molecule has 9 heteroatoms. The Balaban J connectivity index is 2.31. The number of nitrogens with zero attached hydrogens (tertiary/aromatic N) is 2. The molecule has 5 nitrogen and oxygen atoms in total. The van der Waals surface area contributed by atoms with Gasteiger partial charge in [-0.1, -0.05) is 12.1 Å². The first-order valence-corrected chi connectivity index (χ1v) is 5.62. The minimum atomic E-state index is -4.89. The maximum Gasteiger partial charge on any atom is 0.573 e. The predicted octanol–water partition coefficient (Wildman–Crippen LogP) is 3.35. The maximum atomic E-state index is 13.5. The van der Waals surface area contributed by atoms with Crippen LogP contribution in [-0.2, 0) is 0 Å². The third kappa shape index (κ3) is 3.94. The van der Waals surface area contributed by atoms with Crippen LogP contribution >= 0.6 is 0 Å². The number of nitrogens with one attached hydrogen (secondary N) is 1. The Kier molecular flexibility index (Phi) is 4.10. The van der Waals surface area contributed by atoms with E-state index in [9.17, 15) is 17.6 Å². The first-order chi connectivity index (χ1) is 9.89. The maximum absolute atomic E-state index is 13.5. The van der Waals surface area contributed by atoms with Gasteiger partial charge in [-0.2, -0.15) is 9.37 Å². The number of aromatic nitrogens is 2. The molecule has 0 atom stereocenters. The highest BCUT2D eigenvalue weighted by molar-refractivity contribution is 5.42. The fourth-order valence-corrected chi connectivity index (χ4v) is 1.39. The van der Waals surface area contributed by atoms with Crippen molar-refractivity contribution in [3.63, 3.8) is 0 Å². The van der Waals surface area contributed by atoms with Crippen LogP contribution in [0.3, 0.4) is 0 Å². The van der Waals surface area contributed by atoms with Gasteiger partial charge in [0.1, 0.15) is 0 Å². The van der Waals surface area contributed by atoms with Gasteiger partial charge in [0.2, 0.25) is 11.8 Å². The van der Waals surface area contributed by atoms with Gasteiger partial charge in [-0.05, 0) is 12.1 Å². The lowest BCUT2D eigenvalue weighted by Crippen LogP contribution is -2.17. The van der Waals surface area contributed by atoms with E-state index in [1.807, 2.05) is 0 Å². The predicted molar refractivity (Wildman–Crippen MR) is 64.7 cm³/mol. The van der Waals surface area contributed by atoms with Crippen molar-refractivity contribution in [2.45, 2.75) is 6.36 Å². The summed E-state index contributed by atoms with van der Waals surface area (Å²) >= 11 is 0. The van der Waals surface area contributed by atoms with Crippen molar-refractivity contribution in [1.82, 2.24) is 9.97 Å². The molecule has 0 spiro atoms. The molecule has 0 aliphatic carbocycles. The number of para-hydroxylation sites is 2. The van der Waals surface area contributed by atoms with Crippen molar-refractivity contribution >= 4 is 5.95 Å². The SMILES string of the molecule is CNc1ncc(F)c(Oc2ccccc2OC(F)(F)F)n1. The Morgan fingerprint density at radius 1 is 1.14 bits per heavy atom. The van der Waals surface area contributed by atoms with Crippen LogP contribution in [0.15, 0.2) is 30.5 Å². The summed E-state index contributed by atoms with van der Waals surface area (Å²) < 4.78 is 59.2. The van der Waals surface area contributed by atoms with Gasteiger partial charge >= 0.3 is 6.36 Å². The van der Waals surface area contributed by atoms with Crippen LogP contribution in [0, 0.1) is 5.82 Å². The van der Waals surface area contributed by atoms with Crippen molar-refractivity contribution < 1.29 is 27.0 Å². The molecule has 0 amide bonds. The molecule has 0 bridgehead atoms. The molecule has 0 aliphatic heterocycles. The van der Waals surface area contributed by atoms with E-state index in [4.69, 9.17) is 4.74 Å². The lowest BCUT2D eigenvalue weighted by atomic mass is 10.3. The van der Waals surface area contributed by atoms with Crippen LogP contribution in [0.5, 0.6) is 17.4 Å². The summed E-state index contributed by atoms with van der Waals surface area (Å²) in [6.45, 7) is 0. The third-order valence-corrected chi connectivity index (χ3v) is 2.22. The summed E-state index contributed by atoms with van der Waals surface area (Å²) in [7, 11) is 1.50. The molecule has 0 unspecified atom stereocenters. The molecular formula is C12H9F4N3O2. The number of rotatable bonds is 4. The van der Waals surface area contributed by atoms with Crippen molar-refractivity contribution in [2.75, 3.05) is 12.4 Å². The smallest absolute Gasteiger partial charge is 0.432 e. The van der Waals surface area contributed by atoms with Crippen molar-refractivity contribution in [1.29, 1.82) is 0 Å². The summed E-state index contributed by atoms with van der Waals surface area (Å²) in [6.07, 6.45) is -4.05. The van der Waals surface area contributed by atoms with Crippen LogP contribution in [0.25, 0.3) is 0 Å². The highest BCUT2D eigenvalue weighted by atomic mass is 19.4. The first-order valence-electron chi connectivity index (χ1n) is 5.62. The molecule has 1 N–H and O–H groups in total. The summed E-state index contributed by atoms with van der Waals surface area (Å²) in [5.74, 6) is -2.31. The topological polar surface area (TPSA) is 56.3 Å². The zero-order valence-electron chi connectivity index (χ0n) is 10.6. The number of hydrogen-bond acceptors (Lipinski definition) is 5. The van der Waals surface area contributed by atoms with E-state index in [-0.39, 0.29) is 11.7 Å². The molecule has 21 heavy (non-hydrogen) atoms. The van der Waals surface area contributed by atoms with Gasteiger partial charge in [0.15, 0.2) is 11.5 Å². The quantitative estimate of drug-likeness (QED) is 0.878. The first kappa shape index (κ1) is 14.8. The molecule has 0 saturated heterocycles. The Labute approximate surface area is 116 Å². The lowest BCUT2D eigenvalue weighted by Gasteiger charge is -2.13. The Morgan fingerprint density at radius 2 is 1.81 bits per heavy atom. The largest absolute Gasteiger partial charge is 0.573 e. The molecule has 1 heterocycles. The van der Waals surface area contributed by atoms with Gasteiger partial charge in [0.25, 0.3) is 5.88 Å². The second-order valence-electron chi connectivity index (χ2n) is 3.69. The minimum Gasteiger partial charge on any atom is -0.432 e. The average Bonchev–Trinajstić information content (AvgIpc) is 2.42. The highest BCUT2D eigenvalue weighted by Gasteiger charge is 2.32. The number of ether oxygens (including phenoxy) is 2. The van der Waals surface area contributed by atoms with Gasteiger partial charge in [0, 0.05) is 7.05 Å². The van der Waals surface area contributed by atoms with Gasteiger partial charge in [-0.25, -0.2) is 4.98 Å². The third-order valence-electron chi connectivity index (χ3n) is 2.22. The van der Waals surface area contributed by atoms with Gasteiger partial charge in [-0.15, -0.1) is 13.2 Å². The van der Waals surface area contributed by atoms with Crippen molar-refractivity contribution in [2.24, 2.45) is 0 Å². The molecular weight excluding hydrogens is 294 g/mol. The fraction of sp³-hybridized carbons (Fsp3) is 0.167. The molecule has 112 valence electrons. The highest BCUT2D eigenvalue weighted by Crippen LogP contribution is 2.35. The van der Waals surface area contributed by atoms with E-state index in [0.717, 1.165) is 12.3 Å². The monoisotopic (exact) mass is 303 g/mol. The van der Waals surface area contributed by atoms with Crippen LogP contribution in [0.1, 0.15) is 0 Å². The molecule has 1 aromatic carbocycles. The van der Waals surface area contributed by atoms with Crippen LogP contribution < -0.4 is 14.8 Å². The number of halogens is 4. The summed E-state index contributed by atoms with van der Waals surface area (Å²) in [6, 6.07) is 4.97. The van der Waals surface area contributed by atoms with Crippen LogP contribution in [0.2, 0.25) is 0 Å². The van der Waals surface area contributed by atoms with Gasteiger partial charge in [0.05, 0.1) is 6.20 Å². The number of hydrogen-bond donors (Lipinski definition) is 1. The van der Waals surface area contributed by atoms with E-state index in [1.165, 1.54) is 25.2 Å². The molecule has 0 radical (unpaired) electrons. The lowest BCUT2D eigenvalue weighted by molar-refractivity contribution is -0.275. The van der Waals surface area contributed by atoms with Gasteiger partial charge in [-0.3, -0.25) is 0 Å². The molecule has 0 fully saturated rings. The number of alkyl halides is 3. The zero-order valence-corrected chi connectivity index (χ0v) is 10.6. The molecule has 0 aliphatic rings. The van der Waals surface area contributed by atoms with Crippen LogP contribution in [-0.4, -0.2) is 23.4 Å². The summed E-state index contributed by atoms with van der Waals surface area (Å²) in [4.78, 5) is 7.26. The minimum absolute atomic E-state index is 0.0561. The van der Waals surface area contributed by atoms with E-state index >= 15 is 0 Å². The average molecular weight is 303 g/mol. The van der Waals surface area contributed by atoms with Crippen molar-refractivity contribution in [3.8, 4) is 17.4 Å². The molecule has 0 saturated carbocycles. The fourth-order valence-electron chi connectivity index (χ4n) is 1.39. The Hall–Kier alpha value is -2.58.